The van der Waals surface area contributed by atoms with Crippen molar-refractivity contribution in [1.82, 2.24) is 4.98 Å². The molecule has 4 heteroatoms. The van der Waals surface area contributed by atoms with Gasteiger partial charge in [-0.25, -0.2) is 0 Å². The van der Waals surface area contributed by atoms with Crippen molar-refractivity contribution in [2.45, 2.75) is 26.7 Å². The molecular formula is C13H15BrN2O. The van der Waals surface area contributed by atoms with Crippen LogP contribution in [0.5, 0.6) is 0 Å². The van der Waals surface area contributed by atoms with E-state index in [-0.39, 0.29) is 11.9 Å². The SMILES string of the molecule is Cc1ccc(Br)cc1-c1nc(N)oc1C(C)C. The van der Waals surface area contributed by atoms with E-state index in [9.17, 15) is 0 Å². The molecule has 0 saturated carbocycles. The topological polar surface area (TPSA) is 52.0 Å². The lowest BCUT2D eigenvalue weighted by Gasteiger charge is -2.07. The Bertz CT molecular complexity index is 546. The number of aromatic nitrogens is 1. The Balaban J connectivity index is 2.63. The van der Waals surface area contributed by atoms with E-state index in [4.69, 9.17) is 10.2 Å². The fraction of sp³-hybridized carbons (Fsp3) is 0.308. The zero-order chi connectivity index (χ0) is 12.6. The van der Waals surface area contributed by atoms with Crippen LogP contribution in [0.25, 0.3) is 11.3 Å². The van der Waals surface area contributed by atoms with Crippen LogP contribution in [0.2, 0.25) is 0 Å². The van der Waals surface area contributed by atoms with Gasteiger partial charge in [-0.2, -0.15) is 4.98 Å². The minimum absolute atomic E-state index is 0.225. The zero-order valence-corrected chi connectivity index (χ0v) is 11.7. The van der Waals surface area contributed by atoms with E-state index in [2.05, 4.69) is 41.7 Å². The van der Waals surface area contributed by atoms with Crippen molar-refractivity contribution in [3.8, 4) is 11.3 Å². The minimum Gasteiger partial charge on any atom is -0.428 e. The van der Waals surface area contributed by atoms with Crippen LogP contribution < -0.4 is 5.73 Å². The Morgan fingerprint density at radius 3 is 2.71 bits per heavy atom. The van der Waals surface area contributed by atoms with Crippen molar-refractivity contribution in [3.63, 3.8) is 0 Å². The molecule has 0 bridgehead atoms. The molecule has 90 valence electrons. The number of oxazole rings is 1. The minimum atomic E-state index is 0.225. The number of hydrogen-bond donors (Lipinski definition) is 1. The molecule has 0 atom stereocenters. The molecule has 2 aromatic rings. The molecule has 0 spiro atoms. The van der Waals surface area contributed by atoms with Crippen LogP contribution in [0.1, 0.15) is 31.1 Å². The number of nitrogens with two attached hydrogens (primary N) is 1. The molecular weight excluding hydrogens is 280 g/mol. The maximum atomic E-state index is 5.65. The number of nitrogens with zero attached hydrogens (tertiary/aromatic N) is 1. The van der Waals surface area contributed by atoms with E-state index in [1.165, 1.54) is 0 Å². The maximum Gasteiger partial charge on any atom is 0.292 e. The molecule has 1 aromatic carbocycles. The summed E-state index contributed by atoms with van der Waals surface area (Å²) in [7, 11) is 0. The number of benzene rings is 1. The second kappa shape index (κ2) is 4.53. The van der Waals surface area contributed by atoms with Gasteiger partial charge in [-0.05, 0) is 24.6 Å². The molecule has 17 heavy (non-hydrogen) atoms. The van der Waals surface area contributed by atoms with E-state index in [1.54, 1.807) is 0 Å². The summed E-state index contributed by atoms with van der Waals surface area (Å²) in [5.74, 6) is 1.09. The fourth-order valence-corrected chi connectivity index (χ4v) is 2.14. The van der Waals surface area contributed by atoms with Gasteiger partial charge >= 0.3 is 0 Å². The fourth-order valence-electron chi connectivity index (χ4n) is 1.78. The van der Waals surface area contributed by atoms with E-state index in [0.717, 1.165) is 27.1 Å². The molecule has 0 aliphatic carbocycles. The largest absolute Gasteiger partial charge is 0.428 e. The second-order valence-electron chi connectivity index (χ2n) is 4.38. The predicted octanol–water partition coefficient (Wildman–Crippen LogP) is 4.12. The molecule has 1 aromatic heterocycles. The molecule has 0 amide bonds. The first-order valence-electron chi connectivity index (χ1n) is 5.51. The first kappa shape index (κ1) is 12.2. The normalized spacial score (nSPS) is 11.1. The average Bonchev–Trinajstić information content (AvgIpc) is 2.64. The summed E-state index contributed by atoms with van der Waals surface area (Å²) >= 11 is 3.47. The highest BCUT2D eigenvalue weighted by atomic mass is 79.9. The molecule has 0 fully saturated rings. The van der Waals surface area contributed by atoms with Crippen molar-refractivity contribution < 1.29 is 4.42 Å². The third-order valence-electron chi connectivity index (χ3n) is 2.65. The number of nitrogen functional groups attached to an aromatic ring is 1. The van der Waals surface area contributed by atoms with E-state index < -0.39 is 0 Å². The van der Waals surface area contributed by atoms with Gasteiger partial charge in [-0.15, -0.1) is 0 Å². The third kappa shape index (κ3) is 2.36. The highest BCUT2D eigenvalue weighted by molar-refractivity contribution is 9.10. The first-order valence-corrected chi connectivity index (χ1v) is 6.31. The Labute approximate surface area is 109 Å². The highest BCUT2D eigenvalue weighted by Gasteiger charge is 2.18. The average molecular weight is 295 g/mol. The molecule has 0 aliphatic rings. The second-order valence-corrected chi connectivity index (χ2v) is 5.29. The quantitative estimate of drug-likeness (QED) is 0.906. The van der Waals surface area contributed by atoms with Crippen LogP contribution in [0, 0.1) is 6.92 Å². The molecule has 1 heterocycles. The van der Waals surface area contributed by atoms with E-state index in [1.807, 2.05) is 18.2 Å². The summed E-state index contributed by atoms with van der Waals surface area (Å²) in [4.78, 5) is 4.29. The number of halogens is 1. The summed E-state index contributed by atoms with van der Waals surface area (Å²) < 4.78 is 6.50. The summed E-state index contributed by atoms with van der Waals surface area (Å²) in [5.41, 5.74) is 8.71. The Morgan fingerprint density at radius 1 is 1.35 bits per heavy atom. The predicted molar refractivity (Wildman–Crippen MR) is 72.9 cm³/mol. The molecule has 3 nitrogen and oxygen atoms in total. The molecule has 2 rings (SSSR count). The molecule has 0 saturated heterocycles. The van der Waals surface area contributed by atoms with Gasteiger partial charge in [0, 0.05) is 16.0 Å². The third-order valence-corrected chi connectivity index (χ3v) is 3.14. The van der Waals surface area contributed by atoms with Gasteiger partial charge in [0.25, 0.3) is 6.01 Å². The molecule has 0 radical (unpaired) electrons. The van der Waals surface area contributed by atoms with Gasteiger partial charge < -0.3 is 10.2 Å². The standard InChI is InChI=1S/C13H15BrN2O/c1-7(2)12-11(16-13(15)17-12)10-6-9(14)5-4-8(10)3/h4-7H,1-3H3,(H2,15,16). The summed E-state index contributed by atoms with van der Waals surface area (Å²) in [6.07, 6.45) is 0. The van der Waals surface area contributed by atoms with Crippen LogP contribution in [-0.2, 0) is 0 Å². The van der Waals surface area contributed by atoms with Crippen molar-refractivity contribution >= 4 is 21.9 Å². The highest BCUT2D eigenvalue weighted by Crippen LogP contribution is 2.33. The molecule has 0 aliphatic heterocycles. The Hall–Kier alpha value is -1.29. The van der Waals surface area contributed by atoms with Gasteiger partial charge in [-0.1, -0.05) is 35.8 Å². The first-order chi connectivity index (χ1) is 7.99. The van der Waals surface area contributed by atoms with E-state index >= 15 is 0 Å². The number of rotatable bonds is 2. The smallest absolute Gasteiger partial charge is 0.292 e. The maximum absolute atomic E-state index is 5.65. The van der Waals surface area contributed by atoms with Crippen LogP contribution in [0.3, 0.4) is 0 Å². The van der Waals surface area contributed by atoms with Gasteiger partial charge in [-0.3, -0.25) is 0 Å². The van der Waals surface area contributed by atoms with Crippen LogP contribution in [-0.4, -0.2) is 4.98 Å². The lowest BCUT2D eigenvalue weighted by atomic mass is 10.0. The zero-order valence-electron chi connectivity index (χ0n) is 10.1. The van der Waals surface area contributed by atoms with Gasteiger partial charge in [0.05, 0.1) is 0 Å². The summed E-state index contributed by atoms with van der Waals surface area (Å²) in [5, 5.41) is 0. The summed E-state index contributed by atoms with van der Waals surface area (Å²) in [6, 6.07) is 6.33. The van der Waals surface area contributed by atoms with Crippen LogP contribution in [0.4, 0.5) is 6.01 Å². The number of aryl methyl sites for hydroxylation is 1. The monoisotopic (exact) mass is 294 g/mol. The number of anilines is 1. The van der Waals surface area contributed by atoms with Crippen molar-refractivity contribution in [3.05, 3.63) is 34.0 Å². The van der Waals surface area contributed by atoms with Crippen molar-refractivity contribution in [1.29, 1.82) is 0 Å². The van der Waals surface area contributed by atoms with Gasteiger partial charge in [0.15, 0.2) is 0 Å². The van der Waals surface area contributed by atoms with Crippen LogP contribution >= 0.6 is 15.9 Å². The van der Waals surface area contributed by atoms with Crippen LogP contribution in [0.15, 0.2) is 27.1 Å². The molecule has 2 N–H and O–H groups in total. The van der Waals surface area contributed by atoms with Gasteiger partial charge in [0.2, 0.25) is 0 Å². The van der Waals surface area contributed by atoms with Crippen molar-refractivity contribution in [2.75, 3.05) is 5.73 Å². The summed E-state index contributed by atoms with van der Waals surface area (Å²) in [6.45, 7) is 6.18. The Kier molecular flexibility index (Phi) is 3.24. The molecule has 0 unspecified atom stereocenters. The van der Waals surface area contributed by atoms with Gasteiger partial charge in [0.1, 0.15) is 11.5 Å². The number of hydrogen-bond acceptors (Lipinski definition) is 3. The van der Waals surface area contributed by atoms with E-state index in [0.29, 0.717) is 0 Å². The van der Waals surface area contributed by atoms with Crippen molar-refractivity contribution in [2.24, 2.45) is 0 Å². The lowest BCUT2D eigenvalue weighted by Crippen LogP contribution is -1.91. The lowest BCUT2D eigenvalue weighted by molar-refractivity contribution is 0.500. The Morgan fingerprint density at radius 2 is 2.06 bits per heavy atom.